The van der Waals surface area contributed by atoms with Crippen molar-refractivity contribution >= 4 is 17.6 Å². The second-order valence-corrected chi connectivity index (χ2v) is 6.66. The molecule has 0 aromatic heterocycles. The predicted octanol–water partition coefficient (Wildman–Crippen LogP) is 1.18. The molecule has 1 saturated heterocycles. The van der Waals surface area contributed by atoms with E-state index < -0.39 is 24.7 Å². The lowest BCUT2D eigenvalue weighted by Crippen LogP contribution is -2.50. The molecule has 1 rings (SSSR count). The van der Waals surface area contributed by atoms with E-state index in [0.717, 1.165) is 19.3 Å². The van der Waals surface area contributed by atoms with Crippen LogP contribution in [0.3, 0.4) is 0 Å². The lowest BCUT2D eigenvalue weighted by molar-refractivity contribution is -0.131. The van der Waals surface area contributed by atoms with E-state index in [-0.39, 0.29) is 18.2 Å². The van der Waals surface area contributed by atoms with Crippen molar-refractivity contribution in [3.05, 3.63) is 0 Å². The molecule has 2 atom stereocenters. The lowest BCUT2D eigenvalue weighted by Gasteiger charge is -2.16. The zero-order chi connectivity index (χ0) is 19.2. The van der Waals surface area contributed by atoms with Crippen LogP contribution in [0, 0.1) is 5.92 Å². The van der Waals surface area contributed by atoms with E-state index in [2.05, 4.69) is 38.3 Å². The number of nitrogens with one attached hydrogen (secondary N) is 2. The third-order valence-corrected chi connectivity index (χ3v) is 3.40. The van der Waals surface area contributed by atoms with Gasteiger partial charge in [-0.1, -0.05) is 47.0 Å². The van der Waals surface area contributed by atoms with E-state index in [0.29, 0.717) is 18.9 Å². The van der Waals surface area contributed by atoms with Crippen molar-refractivity contribution < 1.29 is 24.2 Å². The summed E-state index contributed by atoms with van der Waals surface area (Å²) in [5, 5.41) is 14.1. The van der Waals surface area contributed by atoms with Gasteiger partial charge in [-0.15, -0.1) is 0 Å². The Morgan fingerprint density at radius 3 is 2.28 bits per heavy atom. The predicted molar refractivity (Wildman–Crippen MR) is 96.0 cm³/mol. The van der Waals surface area contributed by atoms with Gasteiger partial charge in [0.25, 0.3) is 0 Å². The number of epoxide rings is 1. The molecule has 25 heavy (non-hydrogen) atoms. The number of Topliss-reactive ketones (excluding diaryl/α,β-unsaturated/α-hetero) is 1. The summed E-state index contributed by atoms with van der Waals surface area (Å²) in [5.41, 5.74) is 0. The van der Waals surface area contributed by atoms with E-state index >= 15 is 0 Å². The fourth-order valence-electron chi connectivity index (χ4n) is 1.94. The molecule has 146 valence electrons. The van der Waals surface area contributed by atoms with Gasteiger partial charge in [-0.05, 0) is 12.3 Å². The van der Waals surface area contributed by atoms with Crippen LogP contribution in [0.5, 0.6) is 0 Å². The lowest BCUT2D eigenvalue weighted by atomic mass is 10.1. The summed E-state index contributed by atoms with van der Waals surface area (Å²) in [6, 6.07) is -1.02. The fraction of sp³-hybridized carbons (Fsp3) is 0.833. The van der Waals surface area contributed by atoms with Crippen LogP contribution in [-0.4, -0.2) is 54.6 Å². The number of aliphatic hydroxyl groups is 1. The second-order valence-electron chi connectivity index (χ2n) is 6.66. The molecular formula is C18H34N2O5. The van der Waals surface area contributed by atoms with E-state index in [1.807, 2.05) is 0 Å². The van der Waals surface area contributed by atoms with Gasteiger partial charge in [-0.2, -0.15) is 0 Å². The minimum Gasteiger partial charge on any atom is -0.394 e. The maximum absolute atomic E-state index is 11.8. The van der Waals surface area contributed by atoms with Gasteiger partial charge in [0.15, 0.2) is 5.78 Å². The van der Waals surface area contributed by atoms with E-state index in [9.17, 15) is 19.5 Å². The normalized spacial score (nSPS) is 16.5. The van der Waals surface area contributed by atoms with Crippen LogP contribution in [0.4, 0.5) is 0 Å². The van der Waals surface area contributed by atoms with Crippen LogP contribution in [0.15, 0.2) is 0 Å². The van der Waals surface area contributed by atoms with Gasteiger partial charge in [0.2, 0.25) is 11.8 Å². The molecule has 1 heterocycles. The minimum absolute atomic E-state index is 0.149. The van der Waals surface area contributed by atoms with E-state index in [1.165, 1.54) is 6.42 Å². The number of carbonyl (C=O) groups excluding carboxylic acids is 3. The van der Waals surface area contributed by atoms with Gasteiger partial charge < -0.3 is 20.5 Å². The van der Waals surface area contributed by atoms with Crippen molar-refractivity contribution in [3.63, 3.8) is 0 Å². The van der Waals surface area contributed by atoms with Crippen LogP contribution >= 0.6 is 0 Å². The highest BCUT2D eigenvalue weighted by atomic mass is 16.6. The maximum Gasteiger partial charge on any atom is 0.245 e. The third-order valence-electron chi connectivity index (χ3n) is 3.40. The first-order chi connectivity index (χ1) is 11.8. The number of amides is 2. The summed E-state index contributed by atoms with van der Waals surface area (Å²) in [6.07, 6.45) is 3.93. The number of carbonyl (C=O) groups is 3. The van der Waals surface area contributed by atoms with Crippen molar-refractivity contribution in [3.8, 4) is 0 Å². The summed E-state index contributed by atoms with van der Waals surface area (Å²) in [6.45, 7) is 8.24. The molecule has 1 aliphatic heterocycles. The van der Waals surface area contributed by atoms with Crippen LogP contribution in [-0.2, 0) is 19.1 Å². The number of rotatable bonds is 11. The summed E-state index contributed by atoms with van der Waals surface area (Å²) in [7, 11) is 0. The Labute approximate surface area is 150 Å². The molecule has 2 unspecified atom stereocenters. The Kier molecular flexibility index (Phi) is 13.0. The number of hydrogen-bond donors (Lipinski definition) is 3. The van der Waals surface area contributed by atoms with Gasteiger partial charge in [-0.25, -0.2) is 0 Å². The number of unbranched alkanes of at least 4 members (excludes halogenated alkanes) is 1. The minimum atomic E-state index is -1.02. The molecule has 7 heteroatoms. The quantitative estimate of drug-likeness (QED) is 0.380. The second kappa shape index (κ2) is 13.8. The highest BCUT2D eigenvalue weighted by Gasteiger charge is 2.31. The molecule has 0 aromatic rings. The van der Waals surface area contributed by atoms with Crippen LogP contribution in [0.1, 0.15) is 59.8 Å². The topological polar surface area (TPSA) is 108 Å². The molecule has 0 aromatic carbocycles. The zero-order valence-electron chi connectivity index (χ0n) is 16.0. The molecular weight excluding hydrogens is 324 g/mol. The van der Waals surface area contributed by atoms with Crippen LogP contribution in [0.2, 0.25) is 0 Å². The molecule has 0 bridgehead atoms. The van der Waals surface area contributed by atoms with Crippen molar-refractivity contribution in [2.75, 3.05) is 19.8 Å². The molecule has 3 N–H and O–H groups in total. The molecule has 0 spiro atoms. The van der Waals surface area contributed by atoms with Crippen molar-refractivity contribution in [1.82, 2.24) is 10.6 Å². The first-order valence-electron chi connectivity index (χ1n) is 9.17. The fourth-order valence-corrected chi connectivity index (χ4v) is 1.94. The standard InChI is InChI=1S/C15H26N2O5.C3H8/c1-10(2)5-3-4-6-14(20)17-11(8-18)15(21)16-7-12(19)13-9-22-13;1-3-2/h10-11,13,18H,3-9H2,1-2H3,(H,16,21)(H,17,20);3H2,1-2H3. The Balaban J connectivity index is 0.00000178. The SMILES string of the molecule is CC(C)CCCCC(=O)NC(CO)C(=O)NCC(=O)C1CO1.CCC. The molecule has 7 nitrogen and oxygen atoms in total. The van der Waals surface area contributed by atoms with Gasteiger partial charge in [0.1, 0.15) is 12.1 Å². The Hall–Kier alpha value is -1.47. The van der Waals surface area contributed by atoms with Crippen molar-refractivity contribution in [2.45, 2.75) is 71.9 Å². The van der Waals surface area contributed by atoms with Gasteiger partial charge >= 0.3 is 0 Å². The Morgan fingerprint density at radius 2 is 1.80 bits per heavy atom. The average molecular weight is 358 g/mol. The monoisotopic (exact) mass is 358 g/mol. The summed E-state index contributed by atoms with van der Waals surface area (Å²) in [5.74, 6) is -0.432. The number of ether oxygens (including phenoxy) is 1. The van der Waals surface area contributed by atoms with Gasteiger partial charge in [-0.3, -0.25) is 14.4 Å². The highest BCUT2D eigenvalue weighted by Crippen LogP contribution is 2.09. The Bertz CT molecular complexity index is 408. The Morgan fingerprint density at radius 1 is 1.20 bits per heavy atom. The molecule has 0 radical (unpaired) electrons. The maximum atomic E-state index is 11.8. The van der Waals surface area contributed by atoms with E-state index in [4.69, 9.17) is 4.74 Å². The smallest absolute Gasteiger partial charge is 0.245 e. The van der Waals surface area contributed by atoms with Gasteiger partial charge in [0.05, 0.1) is 19.8 Å². The zero-order valence-corrected chi connectivity index (χ0v) is 16.0. The third kappa shape index (κ3) is 12.5. The largest absolute Gasteiger partial charge is 0.394 e. The van der Waals surface area contributed by atoms with Crippen LogP contribution in [0.25, 0.3) is 0 Å². The molecule has 0 aliphatic carbocycles. The molecule has 2 amide bonds. The summed E-state index contributed by atoms with van der Waals surface area (Å²) in [4.78, 5) is 34.9. The average Bonchev–Trinajstić information content (AvgIpc) is 3.39. The van der Waals surface area contributed by atoms with E-state index in [1.54, 1.807) is 0 Å². The first kappa shape index (κ1) is 23.5. The van der Waals surface area contributed by atoms with Crippen molar-refractivity contribution in [2.24, 2.45) is 5.92 Å². The summed E-state index contributed by atoms with van der Waals surface area (Å²) < 4.78 is 4.81. The highest BCUT2D eigenvalue weighted by molar-refractivity contribution is 5.93. The summed E-state index contributed by atoms with van der Waals surface area (Å²) >= 11 is 0. The first-order valence-corrected chi connectivity index (χ1v) is 9.17. The van der Waals surface area contributed by atoms with Gasteiger partial charge in [0, 0.05) is 6.42 Å². The molecule has 0 saturated carbocycles. The number of ketones is 1. The molecule has 1 fully saturated rings. The molecule has 1 aliphatic rings. The number of hydrogen-bond acceptors (Lipinski definition) is 5. The van der Waals surface area contributed by atoms with Crippen molar-refractivity contribution in [1.29, 1.82) is 0 Å². The number of aliphatic hydroxyl groups excluding tert-OH is 1. The van der Waals surface area contributed by atoms with Crippen LogP contribution < -0.4 is 10.6 Å².